The fourth-order valence-electron chi connectivity index (χ4n) is 3.30. The Morgan fingerprint density at radius 1 is 0.949 bits per heavy atom. The van der Waals surface area contributed by atoms with Crippen molar-refractivity contribution < 1.29 is 23.4 Å². The number of halogens is 2. The molecule has 3 aromatic rings. The third-order valence-corrected chi connectivity index (χ3v) is 5.28. The summed E-state index contributed by atoms with van der Waals surface area (Å²) in [5.74, 6) is 3.80. The Bertz CT molecular complexity index is 1470. The maximum absolute atomic E-state index is 14.1. The van der Waals surface area contributed by atoms with Gasteiger partial charge in [0, 0.05) is 40.5 Å². The van der Waals surface area contributed by atoms with Crippen LogP contribution in [0.4, 0.5) is 25.8 Å². The molecule has 9 nitrogen and oxygen atoms in total. The smallest absolute Gasteiger partial charge is 0.273 e. The van der Waals surface area contributed by atoms with Crippen LogP contribution in [-0.4, -0.2) is 20.7 Å². The molecular formula is C28H32F2N4O5. The van der Waals surface area contributed by atoms with Gasteiger partial charge in [-0.2, -0.15) is 0 Å². The number of nitro groups is 2. The van der Waals surface area contributed by atoms with Crippen LogP contribution in [0.15, 0.2) is 30.3 Å². The molecule has 1 heterocycles. The van der Waals surface area contributed by atoms with Gasteiger partial charge in [0.1, 0.15) is 0 Å². The number of nitrogens with one attached hydrogen (secondary N) is 2. The number of amides is 1. The third-order valence-electron chi connectivity index (χ3n) is 5.28. The maximum atomic E-state index is 14.1. The van der Waals surface area contributed by atoms with Gasteiger partial charge in [-0.05, 0) is 33.3 Å². The first-order valence-electron chi connectivity index (χ1n) is 12.2. The van der Waals surface area contributed by atoms with E-state index in [1.165, 1.54) is 12.1 Å². The standard InChI is InChI=1S/C16H19FN2O3.C12H13FN2O2/c1-5-6-14(20)18-15-11(7-8-16(2,3)4)9-12(19(21)22)10-13(15)17;1-12(2,3)10-5-7-4-8(15(16)17)6-9(13)11(7)14-10/h9-10H,5-6H2,1-4H3,(H,18,20);4-6,14H,1-3H3. The predicted molar refractivity (Wildman–Crippen MR) is 147 cm³/mol. The van der Waals surface area contributed by atoms with E-state index < -0.39 is 27.2 Å². The third kappa shape index (κ3) is 8.60. The molecule has 0 bridgehead atoms. The van der Waals surface area contributed by atoms with E-state index in [-0.39, 0.29) is 40.1 Å². The lowest BCUT2D eigenvalue weighted by Gasteiger charge is -2.15. The van der Waals surface area contributed by atoms with E-state index >= 15 is 0 Å². The quantitative estimate of drug-likeness (QED) is 0.197. The van der Waals surface area contributed by atoms with Gasteiger partial charge >= 0.3 is 0 Å². The molecule has 1 aromatic heterocycles. The summed E-state index contributed by atoms with van der Waals surface area (Å²) >= 11 is 0. The lowest BCUT2D eigenvalue weighted by Crippen LogP contribution is -2.13. The van der Waals surface area contributed by atoms with E-state index in [4.69, 9.17) is 0 Å². The van der Waals surface area contributed by atoms with Gasteiger partial charge in [-0.15, -0.1) is 0 Å². The van der Waals surface area contributed by atoms with Crippen LogP contribution in [0.3, 0.4) is 0 Å². The summed E-state index contributed by atoms with van der Waals surface area (Å²) in [6, 6.07) is 6.02. The molecule has 0 atom stereocenters. The second-order valence-electron chi connectivity index (χ2n) is 11.0. The molecule has 2 aromatic carbocycles. The predicted octanol–water partition coefficient (Wildman–Crippen LogP) is 7.38. The number of fused-ring (bicyclic) bond motifs is 1. The van der Waals surface area contributed by atoms with E-state index in [1.807, 2.05) is 48.5 Å². The molecule has 0 saturated carbocycles. The molecule has 3 rings (SSSR count). The maximum Gasteiger partial charge on any atom is 0.273 e. The van der Waals surface area contributed by atoms with E-state index in [9.17, 15) is 33.8 Å². The van der Waals surface area contributed by atoms with Crippen molar-refractivity contribution in [3.8, 4) is 11.8 Å². The van der Waals surface area contributed by atoms with Crippen LogP contribution in [0, 0.1) is 49.1 Å². The molecule has 39 heavy (non-hydrogen) atoms. The molecule has 0 saturated heterocycles. The fraction of sp³-hybridized carbons (Fsp3) is 0.393. The highest BCUT2D eigenvalue weighted by Gasteiger charge is 2.20. The minimum absolute atomic E-state index is 0.103. The molecule has 0 unspecified atom stereocenters. The van der Waals surface area contributed by atoms with Crippen LogP contribution in [0.2, 0.25) is 0 Å². The number of rotatable bonds is 5. The zero-order valence-electron chi connectivity index (χ0n) is 23.0. The van der Waals surface area contributed by atoms with Gasteiger partial charge in [-0.1, -0.05) is 39.5 Å². The fourth-order valence-corrected chi connectivity index (χ4v) is 3.30. The number of carbonyl (C=O) groups is 1. The Hall–Kier alpha value is -4.33. The lowest BCUT2D eigenvalue weighted by molar-refractivity contribution is -0.385. The van der Waals surface area contributed by atoms with Gasteiger partial charge < -0.3 is 10.3 Å². The molecule has 1 amide bonds. The Morgan fingerprint density at radius 3 is 2.03 bits per heavy atom. The van der Waals surface area contributed by atoms with Gasteiger partial charge in [0.25, 0.3) is 11.4 Å². The number of aromatic nitrogens is 1. The monoisotopic (exact) mass is 542 g/mol. The van der Waals surface area contributed by atoms with E-state index in [0.717, 1.165) is 17.8 Å². The minimum Gasteiger partial charge on any atom is -0.356 e. The number of anilines is 1. The second-order valence-corrected chi connectivity index (χ2v) is 11.0. The van der Waals surface area contributed by atoms with Crippen molar-refractivity contribution >= 4 is 33.9 Å². The summed E-state index contributed by atoms with van der Waals surface area (Å²) in [6.07, 6.45) is 0.853. The van der Waals surface area contributed by atoms with Crippen LogP contribution in [0.25, 0.3) is 10.9 Å². The molecule has 11 heteroatoms. The zero-order valence-corrected chi connectivity index (χ0v) is 23.0. The normalized spacial score (nSPS) is 11.2. The van der Waals surface area contributed by atoms with Gasteiger partial charge in [-0.25, -0.2) is 8.78 Å². The first kappa shape index (κ1) is 30.9. The van der Waals surface area contributed by atoms with Crippen LogP contribution < -0.4 is 5.32 Å². The van der Waals surface area contributed by atoms with Crippen molar-refractivity contribution in [2.45, 2.75) is 66.7 Å². The second kappa shape index (κ2) is 12.0. The Morgan fingerprint density at radius 2 is 1.51 bits per heavy atom. The van der Waals surface area contributed by atoms with Gasteiger partial charge in [0.2, 0.25) is 5.91 Å². The van der Waals surface area contributed by atoms with Gasteiger partial charge in [0.05, 0.1) is 38.7 Å². The molecule has 0 aliphatic heterocycles. The molecule has 0 aliphatic carbocycles. The van der Waals surface area contributed by atoms with Crippen molar-refractivity contribution in [2.75, 3.05) is 5.32 Å². The molecule has 0 radical (unpaired) electrons. The summed E-state index contributed by atoms with van der Waals surface area (Å²) < 4.78 is 27.8. The average molecular weight is 543 g/mol. The van der Waals surface area contributed by atoms with Crippen molar-refractivity contribution in [3.63, 3.8) is 0 Å². The Kier molecular flexibility index (Phi) is 9.52. The average Bonchev–Trinajstić information content (AvgIpc) is 3.25. The van der Waals surface area contributed by atoms with Crippen LogP contribution in [0.1, 0.15) is 72.6 Å². The summed E-state index contributed by atoms with van der Waals surface area (Å²) in [4.78, 5) is 34.8. The van der Waals surface area contributed by atoms with Crippen LogP contribution in [0.5, 0.6) is 0 Å². The largest absolute Gasteiger partial charge is 0.356 e. The topological polar surface area (TPSA) is 131 Å². The highest BCUT2D eigenvalue weighted by atomic mass is 19.1. The number of hydrogen-bond donors (Lipinski definition) is 2. The Balaban J connectivity index is 0.000000282. The lowest BCUT2D eigenvalue weighted by atomic mass is 9.92. The number of non-ortho nitro benzene ring substituents is 2. The first-order chi connectivity index (χ1) is 17.9. The first-order valence-corrected chi connectivity index (χ1v) is 12.2. The minimum atomic E-state index is -0.864. The van der Waals surface area contributed by atoms with Crippen molar-refractivity contribution in [2.24, 2.45) is 5.41 Å². The SMILES string of the molecule is CC(C)(C)c1cc2cc([N+](=O)[O-])cc(F)c2[nH]1.CCCC(=O)Nc1c(F)cc([N+](=O)[O-])cc1C#CC(C)(C)C. The number of H-pyrrole nitrogens is 1. The Labute approximate surface area is 225 Å². The van der Waals surface area contributed by atoms with E-state index in [0.29, 0.717) is 17.3 Å². The molecule has 2 N–H and O–H groups in total. The highest BCUT2D eigenvalue weighted by Crippen LogP contribution is 2.30. The summed E-state index contributed by atoms with van der Waals surface area (Å²) in [5, 5.41) is 24.4. The van der Waals surface area contributed by atoms with Gasteiger partial charge in [-0.3, -0.25) is 25.0 Å². The van der Waals surface area contributed by atoms with Crippen molar-refractivity contribution in [1.29, 1.82) is 0 Å². The number of carbonyl (C=O) groups excluding carboxylic acids is 1. The summed E-state index contributed by atoms with van der Waals surface area (Å²) in [6.45, 7) is 13.4. The summed E-state index contributed by atoms with van der Waals surface area (Å²) in [5.41, 5.74) is 0.0319. The number of aromatic amines is 1. The van der Waals surface area contributed by atoms with E-state index in [1.54, 1.807) is 6.07 Å². The highest BCUT2D eigenvalue weighted by molar-refractivity contribution is 5.92. The number of hydrogen-bond acceptors (Lipinski definition) is 5. The summed E-state index contributed by atoms with van der Waals surface area (Å²) in [7, 11) is 0. The zero-order chi connectivity index (χ0) is 29.7. The van der Waals surface area contributed by atoms with Gasteiger partial charge in [0.15, 0.2) is 11.6 Å². The molecule has 0 fully saturated rings. The van der Waals surface area contributed by atoms with Crippen LogP contribution in [-0.2, 0) is 10.2 Å². The molecular weight excluding hydrogens is 510 g/mol. The molecule has 208 valence electrons. The number of nitrogens with zero attached hydrogens (tertiary/aromatic N) is 2. The number of benzene rings is 2. The van der Waals surface area contributed by atoms with Crippen LogP contribution >= 0.6 is 0 Å². The molecule has 0 spiro atoms. The number of nitro benzene ring substituents is 2. The van der Waals surface area contributed by atoms with Crippen molar-refractivity contribution in [3.05, 3.63) is 73.5 Å². The van der Waals surface area contributed by atoms with Crippen molar-refractivity contribution in [1.82, 2.24) is 4.98 Å². The van der Waals surface area contributed by atoms with E-state index in [2.05, 4.69) is 22.1 Å². The molecule has 0 aliphatic rings.